The second kappa shape index (κ2) is 19.4. The number of nitrogen functional groups attached to an aromatic ring is 1. The summed E-state index contributed by atoms with van der Waals surface area (Å²) in [5, 5.41) is 26.4. The number of carbonyl (C=O) groups is 3. The van der Waals surface area contributed by atoms with E-state index in [1.807, 2.05) is 6.08 Å². The number of aliphatic hydroxyl groups is 2. The van der Waals surface area contributed by atoms with Crippen LogP contribution < -0.4 is 16.4 Å². The zero-order chi connectivity index (χ0) is 41.5. The van der Waals surface area contributed by atoms with Crippen LogP contribution in [0.1, 0.15) is 52.2 Å². The highest BCUT2D eigenvalue weighted by Crippen LogP contribution is 2.61. The summed E-state index contributed by atoms with van der Waals surface area (Å²) in [7, 11) is -16.4. The minimum absolute atomic E-state index is 0.0177. The minimum Gasteiger partial charge on any atom is -0.386 e. The molecule has 7 unspecified atom stereocenters. The van der Waals surface area contributed by atoms with Crippen molar-refractivity contribution in [3.8, 4) is 0 Å². The van der Waals surface area contributed by atoms with Gasteiger partial charge in [-0.2, -0.15) is 4.31 Å². The van der Waals surface area contributed by atoms with Crippen molar-refractivity contribution in [3.05, 3.63) is 24.3 Å². The summed E-state index contributed by atoms with van der Waals surface area (Å²) < 4.78 is 62.1. The van der Waals surface area contributed by atoms with E-state index >= 15 is 0 Å². The largest absolute Gasteiger partial charge is 0.481 e. The summed E-state index contributed by atoms with van der Waals surface area (Å²) >= 11 is 1.11. The number of aliphatic hydroxyl groups excluding tert-OH is 2. The topological polar surface area (TPSA) is 364 Å². The Morgan fingerprint density at radius 1 is 1.07 bits per heavy atom. The number of allylic oxidation sites excluding steroid dienone is 1. The van der Waals surface area contributed by atoms with E-state index in [9.17, 15) is 57.9 Å². The van der Waals surface area contributed by atoms with Gasteiger partial charge in [0.25, 0.3) is 0 Å². The van der Waals surface area contributed by atoms with Crippen LogP contribution in [0, 0.1) is 5.41 Å². The molecule has 7 atom stereocenters. The van der Waals surface area contributed by atoms with Gasteiger partial charge >= 0.3 is 23.5 Å². The number of ether oxygens (including phenoxy) is 1. The van der Waals surface area contributed by atoms with Gasteiger partial charge in [0.2, 0.25) is 16.9 Å². The summed E-state index contributed by atoms with van der Waals surface area (Å²) in [5.41, 5.74) is 5.06. The molecule has 28 heteroatoms. The van der Waals surface area contributed by atoms with E-state index in [4.69, 9.17) is 19.5 Å². The fourth-order valence-electron chi connectivity index (χ4n) is 5.39. The molecule has 0 spiro atoms. The third-order valence-corrected chi connectivity index (χ3v) is 12.3. The van der Waals surface area contributed by atoms with Gasteiger partial charge in [-0.05, 0) is 25.7 Å². The van der Waals surface area contributed by atoms with Crippen molar-refractivity contribution in [2.45, 2.75) is 76.6 Å². The Balaban J connectivity index is 1.23. The molecule has 3 heterocycles. The van der Waals surface area contributed by atoms with Crippen LogP contribution in [0.25, 0.3) is 11.2 Å². The van der Waals surface area contributed by atoms with Gasteiger partial charge in [-0.15, -0.1) is 0 Å². The average Bonchev–Trinajstić information content (AvgIpc) is 3.68. The van der Waals surface area contributed by atoms with Crippen LogP contribution in [0.3, 0.4) is 0 Å². The third kappa shape index (κ3) is 13.2. The molecule has 10 N–H and O–H groups in total. The van der Waals surface area contributed by atoms with E-state index < -0.39 is 84.6 Å². The van der Waals surface area contributed by atoms with Crippen molar-refractivity contribution in [2.24, 2.45) is 5.41 Å². The first kappa shape index (κ1) is 46.0. The maximum atomic E-state index is 12.7. The molecular formula is C28H44N7O17P3S. The van der Waals surface area contributed by atoms with Crippen LogP contribution in [0.5, 0.6) is 0 Å². The number of amides is 2. The normalized spacial score (nSPS) is 23.2. The van der Waals surface area contributed by atoms with Crippen LogP contribution in [-0.4, -0.2) is 123 Å². The molecule has 1 aliphatic carbocycles. The number of fused-ring (bicyclic) bond motifs is 1. The molecule has 2 aromatic rings. The predicted octanol–water partition coefficient (Wildman–Crippen LogP) is 0.165. The number of nitrogens with one attached hydrogen (secondary N) is 2. The highest BCUT2D eigenvalue weighted by Gasteiger charge is 2.50. The van der Waals surface area contributed by atoms with Gasteiger partial charge < -0.3 is 50.9 Å². The molecule has 2 aliphatic rings. The number of nitrogens with two attached hydrogens (primary N) is 1. The number of phosphoric ester groups is 3. The Labute approximate surface area is 323 Å². The Kier molecular flexibility index (Phi) is 15.9. The lowest BCUT2D eigenvalue weighted by Gasteiger charge is -2.30. The first-order valence-electron chi connectivity index (χ1n) is 16.8. The van der Waals surface area contributed by atoms with Crippen molar-refractivity contribution < 1.29 is 80.5 Å². The van der Waals surface area contributed by atoms with Gasteiger partial charge in [-0.1, -0.05) is 31.7 Å². The van der Waals surface area contributed by atoms with Crippen LogP contribution in [0.15, 0.2) is 24.3 Å². The monoisotopic (exact) mass is 875 g/mol. The predicted molar refractivity (Wildman–Crippen MR) is 194 cm³/mol. The van der Waals surface area contributed by atoms with Crippen molar-refractivity contribution in [2.75, 3.05) is 37.8 Å². The molecule has 1 aliphatic heterocycles. The molecular weight excluding hydrogens is 831 g/mol. The minimum atomic E-state index is -5.57. The summed E-state index contributed by atoms with van der Waals surface area (Å²) in [6, 6.07) is 0. The Hall–Kier alpha value is -2.70. The maximum Gasteiger partial charge on any atom is 0.481 e. The number of hydrogen-bond donors (Lipinski definition) is 9. The molecule has 2 aromatic heterocycles. The van der Waals surface area contributed by atoms with E-state index in [2.05, 4.69) is 34.4 Å². The van der Waals surface area contributed by atoms with Crippen LogP contribution >= 0.6 is 35.2 Å². The van der Waals surface area contributed by atoms with Gasteiger partial charge in [0.05, 0.1) is 19.5 Å². The van der Waals surface area contributed by atoms with Gasteiger partial charge in [0, 0.05) is 36.3 Å². The van der Waals surface area contributed by atoms with Gasteiger partial charge in [0.15, 0.2) is 17.7 Å². The smallest absolute Gasteiger partial charge is 0.386 e. The molecule has 4 rings (SSSR count). The van der Waals surface area contributed by atoms with E-state index in [1.54, 1.807) is 0 Å². The molecule has 314 valence electrons. The number of imidazole rings is 1. The quantitative estimate of drug-likeness (QED) is 0.0632. The fourth-order valence-corrected chi connectivity index (χ4v) is 8.98. The Morgan fingerprint density at radius 2 is 1.79 bits per heavy atom. The second-order valence-electron chi connectivity index (χ2n) is 13.2. The number of thioether (sulfide) groups is 1. The molecule has 2 amide bonds. The van der Waals surface area contributed by atoms with Crippen LogP contribution in [-0.2, 0) is 50.7 Å². The van der Waals surface area contributed by atoms with E-state index in [-0.39, 0.29) is 41.6 Å². The second-order valence-corrected chi connectivity index (χ2v) is 18.5. The third-order valence-electron chi connectivity index (χ3n) is 8.29. The molecule has 24 nitrogen and oxygen atoms in total. The number of anilines is 1. The van der Waals surface area contributed by atoms with Gasteiger partial charge in [-0.3, -0.25) is 32.5 Å². The fraction of sp³-hybridized carbons (Fsp3) is 0.643. The lowest BCUT2D eigenvalue weighted by molar-refractivity contribution is -0.137. The Bertz CT molecular complexity index is 1910. The summed E-state index contributed by atoms with van der Waals surface area (Å²) in [4.78, 5) is 87.9. The molecule has 0 radical (unpaired) electrons. The number of nitrogens with zero attached hydrogens (tertiary/aromatic N) is 4. The average molecular weight is 876 g/mol. The summed E-state index contributed by atoms with van der Waals surface area (Å²) in [6.45, 7) is 0.535. The zero-order valence-corrected chi connectivity index (χ0v) is 33.5. The molecule has 0 aromatic carbocycles. The first-order chi connectivity index (χ1) is 26.1. The van der Waals surface area contributed by atoms with Crippen molar-refractivity contribution in [1.29, 1.82) is 0 Å². The number of hydrogen-bond acceptors (Lipinski definition) is 18. The first-order valence-corrected chi connectivity index (χ1v) is 22.3. The van der Waals surface area contributed by atoms with E-state index in [0.717, 1.165) is 60.2 Å². The highest BCUT2D eigenvalue weighted by molar-refractivity contribution is 8.14. The highest BCUT2D eigenvalue weighted by atomic mass is 32.2. The van der Waals surface area contributed by atoms with E-state index in [0.29, 0.717) is 5.75 Å². The van der Waals surface area contributed by atoms with Crippen LogP contribution in [0.4, 0.5) is 5.82 Å². The number of aromatic nitrogens is 4. The maximum absolute atomic E-state index is 12.7. The van der Waals surface area contributed by atoms with Crippen LogP contribution in [0.2, 0.25) is 0 Å². The van der Waals surface area contributed by atoms with Gasteiger partial charge in [-0.25, -0.2) is 28.6 Å². The van der Waals surface area contributed by atoms with Crippen molar-refractivity contribution in [3.63, 3.8) is 0 Å². The standard InChI is InChI=1S/C28H44N7O17P3S/c1-28(2,22(38)25(39)31-9-8-18(36)30-10-11-56-27(40)16-6-4-3-5-7-16)13-49-55(46,47)52-54(44,45)48-12-17-21(51-53(41,42)43)20(37)26(50-17)35-15-34-19-23(29)32-14-33-24(19)35/h6,14-15,17,20-22,26,37-38H,3-5,7-13H2,1-2H3,(H,30,36)(H,31,39)(H,44,45)(H,46,47)(H2,29,32,33)(H2,41,42,43). The number of carbonyl (C=O) groups excluding carboxylic acids is 3. The van der Waals surface area contributed by atoms with E-state index in [1.165, 1.54) is 13.8 Å². The number of phosphoric acid groups is 3. The lowest BCUT2D eigenvalue weighted by atomic mass is 9.87. The SMILES string of the molecule is CC(C)(COP(=O)(O)OP(=O)(O)OCC1OC(n2cnc3c(N)ncnc32)C(O)C1OP(=O)(O)O)C(O)C(=O)NCCC(=O)NCCSC(=O)C1=CCCCC1. The molecule has 56 heavy (non-hydrogen) atoms. The Morgan fingerprint density at radius 3 is 2.46 bits per heavy atom. The number of rotatable bonds is 20. The van der Waals surface area contributed by atoms with Crippen molar-refractivity contribution >= 4 is 69.1 Å². The molecule has 0 saturated carbocycles. The molecule has 1 fully saturated rings. The van der Waals surface area contributed by atoms with Gasteiger partial charge in [0.1, 0.15) is 36.3 Å². The summed E-state index contributed by atoms with van der Waals surface area (Å²) in [5.74, 6) is -1.07. The molecule has 1 saturated heterocycles. The van der Waals surface area contributed by atoms with Crippen molar-refractivity contribution in [1.82, 2.24) is 30.2 Å². The molecule has 0 bridgehead atoms. The summed E-state index contributed by atoms with van der Waals surface area (Å²) in [6.07, 6.45) is -1.30. The zero-order valence-electron chi connectivity index (χ0n) is 30.0. The lowest BCUT2D eigenvalue weighted by Crippen LogP contribution is -2.46.